The number of nitrogens with zero attached hydrogens (tertiary/aromatic N) is 3. The second kappa shape index (κ2) is 5.71. The first-order valence-electron chi connectivity index (χ1n) is 5.29. The molecule has 0 atom stereocenters. The summed E-state index contributed by atoms with van der Waals surface area (Å²) in [5, 5.41) is 10.8. The fourth-order valence-electron chi connectivity index (χ4n) is 1.47. The summed E-state index contributed by atoms with van der Waals surface area (Å²) in [4.78, 5) is 18.3. The molecule has 0 aliphatic heterocycles. The molecule has 2 rings (SSSR count). The number of aromatic nitrogens is 2. The third-order valence-corrected chi connectivity index (χ3v) is 3.41. The number of nitro benzene ring substituents is 1. The molecule has 1 aromatic heterocycles. The summed E-state index contributed by atoms with van der Waals surface area (Å²) in [6.07, 6.45) is 0. The first-order valence-corrected chi connectivity index (χ1v) is 6.88. The number of anilines is 1. The quantitative estimate of drug-likeness (QED) is 0.620. The Morgan fingerprint density at radius 3 is 2.35 bits per heavy atom. The topological polar surface area (TPSA) is 104 Å². The molecule has 1 aromatic carbocycles. The van der Waals surface area contributed by atoms with Crippen LogP contribution in [-0.2, 0) is 0 Å². The zero-order valence-electron chi connectivity index (χ0n) is 10.1. The number of nitrogens with two attached hydrogens (primary N) is 1. The van der Waals surface area contributed by atoms with Gasteiger partial charge in [0.2, 0.25) is 5.88 Å². The number of benzene rings is 1. The lowest BCUT2D eigenvalue weighted by molar-refractivity contribution is -0.385. The highest BCUT2D eigenvalue weighted by Gasteiger charge is 2.16. The Morgan fingerprint density at radius 1 is 1.25 bits per heavy atom. The van der Waals surface area contributed by atoms with Gasteiger partial charge in [-0.1, -0.05) is 0 Å². The highest BCUT2D eigenvalue weighted by Crippen LogP contribution is 2.39. The number of nitrogen functional groups attached to an aromatic ring is 1. The average Bonchev–Trinajstić information content (AvgIpc) is 2.32. The smallest absolute Gasteiger partial charge is 0.271 e. The SMILES string of the molecule is Cc1nc(N)cc(Oc2c(Br)cc([N+](=O)[O-])cc2Br)n1. The summed E-state index contributed by atoms with van der Waals surface area (Å²) < 4.78 is 6.44. The number of hydrogen-bond acceptors (Lipinski definition) is 6. The number of rotatable bonds is 3. The van der Waals surface area contributed by atoms with Gasteiger partial charge in [-0.25, -0.2) is 4.98 Å². The Labute approximate surface area is 130 Å². The fourth-order valence-corrected chi connectivity index (χ4v) is 2.79. The van der Waals surface area contributed by atoms with Crippen LogP contribution in [-0.4, -0.2) is 14.9 Å². The summed E-state index contributed by atoms with van der Waals surface area (Å²) in [6.45, 7) is 1.68. The Balaban J connectivity index is 2.41. The lowest BCUT2D eigenvalue weighted by Gasteiger charge is -2.09. The van der Waals surface area contributed by atoms with Crippen LogP contribution in [0.4, 0.5) is 11.5 Å². The molecule has 104 valence electrons. The first kappa shape index (κ1) is 14.7. The molecular weight excluding hydrogens is 396 g/mol. The van der Waals surface area contributed by atoms with Crippen LogP contribution in [0.15, 0.2) is 27.1 Å². The number of halogens is 2. The molecule has 0 saturated heterocycles. The second-order valence-corrected chi connectivity index (χ2v) is 5.48. The van der Waals surface area contributed by atoms with E-state index in [9.17, 15) is 10.1 Å². The van der Waals surface area contributed by atoms with Crippen LogP contribution in [0.25, 0.3) is 0 Å². The van der Waals surface area contributed by atoms with Gasteiger partial charge in [0.15, 0.2) is 5.75 Å². The lowest BCUT2D eigenvalue weighted by atomic mass is 10.3. The molecule has 2 aromatic rings. The predicted octanol–water partition coefficient (Wildman–Crippen LogP) is 3.59. The minimum atomic E-state index is -0.494. The first-order chi connectivity index (χ1) is 9.36. The minimum Gasteiger partial charge on any atom is -0.436 e. The van der Waals surface area contributed by atoms with Crippen molar-refractivity contribution >= 4 is 43.4 Å². The predicted molar refractivity (Wildman–Crippen MR) is 79.8 cm³/mol. The largest absolute Gasteiger partial charge is 0.436 e. The van der Waals surface area contributed by atoms with Gasteiger partial charge in [-0.2, -0.15) is 4.98 Å². The monoisotopic (exact) mass is 402 g/mol. The summed E-state index contributed by atoms with van der Waals surface area (Å²) in [5.41, 5.74) is 5.55. The van der Waals surface area contributed by atoms with Gasteiger partial charge in [-0.3, -0.25) is 10.1 Å². The molecule has 0 fully saturated rings. The Morgan fingerprint density at radius 2 is 1.85 bits per heavy atom. The van der Waals surface area contributed by atoms with Gasteiger partial charge >= 0.3 is 0 Å². The van der Waals surface area contributed by atoms with Crippen LogP contribution in [0.2, 0.25) is 0 Å². The van der Waals surface area contributed by atoms with Crippen LogP contribution >= 0.6 is 31.9 Å². The number of non-ortho nitro benzene ring substituents is 1. The molecule has 0 saturated carbocycles. The van der Waals surface area contributed by atoms with Crippen molar-refractivity contribution in [2.75, 3.05) is 5.73 Å². The van der Waals surface area contributed by atoms with Crippen LogP contribution in [0.1, 0.15) is 5.82 Å². The highest BCUT2D eigenvalue weighted by atomic mass is 79.9. The van der Waals surface area contributed by atoms with Crippen molar-refractivity contribution in [3.63, 3.8) is 0 Å². The van der Waals surface area contributed by atoms with Gasteiger partial charge in [0, 0.05) is 18.2 Å². The van der Waals surface area contributed by atoms with Crippen molar-refractivity contribution in [1.82, 2.24) is 9.97 Å². The van der Waals surface area contributed by atoms with Crippen molar-refractivity contribution in [2.24, 2.45) is 0 Å². The van der Waals surface area contributed by atoms with Crippen LogP contribution < -0.4 is 10.5 Å². The molecule has 1 heterocycles. The molecular formula is C11H8Br2N4O3. The maximum absolute atomic E-state index is 10.8. The van der Waals surface area contributed by atoms with Gasteiger partial charge in [0.05, 0.1) is 13.9 Å². The van der Waals surface area contributed by atoms with E-state index in [1.54, 1.807) is 6.92 Å². The van der Waals surface area contributed by atoms with E-state index >= 15 is 0 Å². The molecule has 0 unspecified atom stereocenters. The zero-order valence-corrected chi connectivity index (χ0v) is 13.3. The standard InChI is InChI=1S/C11H8Br2N4O3/c1-5-15-9(14)4-10(16-5)20-11-7(12)2-6(17(18)19)3-8(11)13/h2-4H,1H3,(H2,14,15,16). The summed E-state index contributed by atoms with van der Waals surface area (Å²) in [5.74, 6) is 1.37. The number of aryl methyl sites for hydroxylation is 1. The van der Waals surface area contributed by atoms with Crippen molar-refractivity contribution < 1.29 is 9.66 Å². The van der Waals surface area contributed by atoms with E-state index in [2.05, 4.69) is 41.8 Å². The molecule has 0 bridgehead atoms. The minimum absolute atomic E-state index is 0.0607. The normalized spacial score (nSPS) is 10.3. The van der Waals surface area contributed by atoms with E-state index in [1.807, 2.05) is 0 Å². The van der Waals surface area contributed by atoms with Crippen LogP contribution in [0, 0.1) is 17.0 Å². The van der Waals surface area contributed by atoms with Crippen molar-refractivity contribution in [2.45, 2.75) is 6.92 Å². The van der Waals surface area contributed by atoms with Crippen LogP contribution in [0.3, 0.4) is 0 Å². The lowest BCUT2D eigenvalue weighted by Crippen LogP contribution is -1.99. The summed E-state index contributed by atoms with van der Waals surface area (Å²) in [6, 6.07) is 4.16. The molecule has 0 aliphatic carbocycles. The summed E-state index contributed by atoms with van der Waals surface area (Å²) >= 11 is 6.45. The van der Waals surface area contributed by atoms with Crippen molar-refractivity contribution in [3.8, 4) is 11.6 Å². The molecule has 7 nitrogen and oxygen atoms in total. The van der Waals surface area contributed by atoms with Gasteiger partial charge in [-0.15, -0.1) is 0 Å². The molecule has 0 spiro atoms. The second-order valence-electron chi connectivity index (χ2n) is 3.78. The number of ether oxygens (including phenoxy) is 1. The van der Waals surface area contributed by atoms with Gasteiger partial charge < -0.3 is 10.5 Å². The van der Waals surface area contributed by atoms with E-state index in [1.165, 1.54) is 18.2 Å². The third-order valence-electron chi connectivity index (χ3n) is 2.23. The van der Waals surface area contributed by atoms with Crippen molar-refractivity contribution in [1.29, 1.82) is 0 Å². The van der Waals surface area contributed by atoms with E-state index in [0.717, 1.165) is 0 Å². The molecule has 0 aliphatic rings. The fraction of sp³-hybridized carbons (Fsp3) is 0.0909. The molecule has 0 amide bonds. The van der Waals surface area contributed by atoms with Crippen LogP contribution in [0.5, 0.6) is 11.6 Å². The van der Waals surface area contributed by atoms with E-state index in [4.69, 9.17) is 10.5 Å². The van der Waals surface area contributed by atoms with E-state index in [-0.39, 0.29) is 17.4 Å². The average molecular weight is 404 g/mol. The Bertz CT molecular complexity index is 650. The number of hydrogen-bond donors (Lipinski definition) is 1. The molecule has 0 radical (unpaired) electrons. The van der Waals surface area contributed by atoms with Crippen molar-refractivity contribution in [3.05, 3.63) is 43.1 Å². The van der Waals surface area contributed by atoms with E-state index in [0.29, 0.717) is 20.5 Å². The van der Waals surface area contributed by atoms with Gasteiger partial charge in [-0.05, 0) is 38.8 Å². The Hall–Kier alpha value is -1.74. The maximum Gasteiger partial charge on any atom is 0.271 e. The maximum atomic E-state index is 10.8. The molecule has 2 N–H and O–H groups in total. The summed E-state index contributed by atoms with van der Waals surface area (Å²) in [7, 11) is 0. The number of nitro groups is 1. The van der Waals surface area contributed by atoms with E-state index < -0.39 is 4.92 Å². The highest BCUT2D eigenvalue weighted by molar-refractivity contribution is 9.11. The van der Waals surface area contributed by atoms with Gasteiger partial charge in [0.1, 0.15) is 11.6 Å². The van der Waals surface area contributed by atoms with Gasteiger partial charge in [0.25, 0.3) is 5.69 Å². The molecule has 20 heavy (non-hydrogen) atoms. The third kappa shape index (κ3) is 3.23. The molecule has 9 heteroatoms. The Kier molecular flexibility index (Phi) is 4.19. The zero-order chi connectivity index (χ0) is 14.9.